The van der Waals surface area contributed by atoms with Crippen molar-refractivity contribution in [1.29, 1.82) is 0 Å². The molecule has 0 radical (unpaired) electrons. The summed E-state index contributed by atoms with van der Waals surface area (Å²) in [5.41, 5.74) is 1.38. The van der Waals surface area contributed by atoms with Gasteiger partial charge < -0.3 is 14.4 Å². The van der Waals surface area contributed by atoms with Crippen LogP contribution in [0.15, 0.2) is 42.6 Å². The molecule has 0 N–H and O–H groups in total. The lowest BCUT2D eigenvalue weighted by atomic mass is 10.1. The molecule has 132 valence electrons. The second-order valence-electron chi connectivity index (χ2n) is 5.99. The van der Waals surface area contributed by atoms with E-state index in [1.807, 2.05) is 18.2 Å². The molecule has 25 heavy (non-hydrogen) atoms. The molecule has 0 bridgehead atoms. The Labute approximate surface area is 152 Å². The van der Waals surface area contributed by atoms with Gasteiger partial charge in [0.1, 0.15) is 5.75 Å². The Kier molecular flexibility index (Phi) is 5.89. The molecule has 1 atom stereocenters. The summed E-state index contributed by atoms with van der Waals surface area (Å²) in [4.78, 5) is 18.9. The molecule has 2 heterocycles. The number of rotatable bonds is 5. The largest absolute Gasteiger partial charge is 0.496 e. The molecule has 3 rings (SSSR count). The fourth-order valence-electron chi connectivity index (χ4n) is 2.96. The van der Waals surface area contributed by atoms with Crippen molar-refractivity contribution in [2.24, 2.45) is 0 Å². The van der Waals surface area contributed by atoms with Gasteiger partial charge in [0.2, 0.25) is 0 Å². The SMILES string of the molecule is COc1ccc(Cl)cc1C(=O)N1CCC[C@@H](OCc2ccccn2)C1. The number of hydrogen-bond donors (Lipinski definition) is 0. The number of carbonyl (C=O) groups excluding carboxylic acids is 1. The third-order valence-electron chi connectivity index (χ3n) is 4.25. The standard InChI is InChI=1S/C19H21ClN2O3/c1-24-18-8-7-14(20)11-17(18)19(23)22-10-4-6-16(12-22)25-13-15-5-2-3-9-21-15/h2-3,5,7-9,11,16H,4,6,10,12-13H2,1H3/t16-/m1/s1. The van der Waals surface area contributed by atoms with Crippen LogP contribution >= 0.6 is 11.6 Å². The third kappa shape index (κ3) is 4.50. The number of benzene rings is 1. The van der Waals surface area contributed by atoms with Gasteiger partial charge in [-0.25, -0.2) is 0 Å². The molecule has 1 aliphatic rings. The summed E-state index contributed by atoms with van der Waals surface area (Å²) in [5.74, 6) is 0.455. The molecule has 1 fully saturated rings. The lowest BCUT2D eigenvalue weighted by Gasteiger charge is -2.33. The van der Waals surface area contributed by atoms with Gasteiger partial charge in [0.05, 0.1) is 31.1 Å². The molecule has 1 aliphatic heterocycles. The van der Waals surface area contributed by atoms with Gasteiger partial charge in [0, 0.05) is 24.3 Å². The first kappa shape index (κ1) is 17.7. The van der Waals surface area contributed by atoms with Crippen molar-refractivity contribution >= 4 is 17.5 Å². The highest BCUT2D eigenvalue weighted by molar-refractivity contribution is 6.31. The molecule has 0 aliphatic carbocycles. The van der Waals surface area contributed by atoms with Gasteiger partial charge in [-0.1, -0.05) is 17.7 Å². The number of carbonyl (C=O) groups is 1. The van der Waals surface area contributed by atoms with Crippen molar-refractivity contribution in [3.63, 3.8) is 0 Å². The number of aromatic nitrogens is 1. The summed E-state index contributed by atoms with van der Waals surface area (Å²) in [6, 6.07) is 10.8. The van der Waals surface area contributed by atoms with Crippen molar-refractivity contribution in [1.82, 2.24) is 9.88 Å². The molecular weight excluding hydrogens is 340 g/mol. The average molecular weight is 361 g/mol. The number of methoxy groups -OCH3 is 1. The number of nitrogens with zero attached hydrogens (tertiary/aromatic N) is 2. The van der Waals surface area contributed by atoms with Crippen LogP contribution in [-0.2, 0) is 11.3 Å². The van der Waals surface area contributed by atoms with E-state index in [0.717, 1.165) is 18.5 Å². The summed E-state index contributed by atoms with van der Waals surface area (Å²) in [6.07, 6.45) is 3.59. The predicted octanol–water partition coefficient (Wildman–Crippen LogP) is 3.57. The van der Waals surface area contributed by atoms with E-state index in [0.29, 0.717) is 36.0 Å². The molecule has 0 saturated carbocycles. The molecule has 1 aromatic heterocycles. The van der Waals surface area contributed by atoms with E-state index in [-0.39, 0.29) is 12.0 Å². The molecule has 1 aromatic carbocycles. The van der Waals surface area contributed by atoms with Crippen LogP contribution in [0.5, 0.6) is 5.75 Å². The van der Waals surface area contributed by atoms with Crippen molar-refractivity contribution in [2.75, 3.05) is 20.2 Å². The van der Waals surface area contributed by atoms with Crippen LogP contribution in [0.3, 0.4) is 0 Å². The maximum atomic E-state index is 12.9. The number of ether oxygens (including phenoxy) is 2. The van der Waals surface area contributed by atoms with Crippen molar-refractivity contribution < 1.29 is 14.3 Å². The molecule has 2 aromatic rings. The first-order chi connectivity index (χ1) is 12.2. The maximum absolute atomic E-state index is 12.9. The van der Waals surface area contributed by atoms with Gasteiger partial charge >= 0.3 is 0 Å². The van der Waals surface area contributed by atoms with Crippen LogP contribution in [0.25, 0.3) is 0 Å². The highest BCUT2D eigenvalue weighted by Crippen LogP contribution is 2.26. The number of likely N-dealkylation sites (tertiary alicyclic amines) is 1. The van der Waals surface area contributed by atoms with Crippen molar-refractivity contribution in [3.8, 4) is 5.75 Å². The van der Waals surface area contributed by atoms with Crippen LogP contribution in [0.1, 0.15) is 28.9 Å². The molecule has 1 saturated heterocycles. The fourth-order valence-corrected chi connectivity index (χ4v) is 3.14. The van der Waals surface area contributed by atoms with Crippen LogP contribution in [0, 0.1) is 0 Å². The van der Waals surface area contributed by atoms with Crippen LogP contribution in [-0.4, -0.2) is 42.1 Å². The maximum Gasteiger partial charge on any atom is 0.257 e. The summed E-state index contributed by atoms with van der Waals surface area (Å²) >= 11 is 6.05. The average Bonchev–Trinajstić information content (AvgIpc) is 2.67. The van der Waals surface area contributed by atoms with Gasteiger partial charge in [-0.2, -0.15) is 0 Å². The van der Waals surface area contributed by atoms with Crippen LogP contribution in [0.4, 0.5) is 0 Å². The minimum atomic E-state index is -0.0783. The summed E-state index contributed by atoms with van der Waals surface area (Å²) in [5, 5.41) is 0.518. The minimum Gasteiger partial charge on any atom is -0.496 e. The van der Waals surface area contributed by atoms with Gasteiger partial charge in [-0.3, -0.25) is 9.78 Å². The Morgan fingerprint density at radius 2 is 2.24 bits per heavy atom. The molecule has 6 heteroatoms. The van der Waals surface area contributed by atoms with Crippen LogP contribution < -0.4 is 4.74 Å². The minimum absolute atomic E-state index is 0.00452. The smallest absolute Gasteiger partial charge is 0.257 e. The van der Waals surface area contributed by atoms with E-state index in [9.17, 15) is 4.79 Å². The zero-order valence-electron chi connectivity index (χ0n) is 14.2. The summed E-state index contributed by atoms with van der Waals surface area (Å²) < 4.78 is 11.3. The number of hydrogen-bond acceptors (Lipinski definition) is 4. The van der Waals surface area contributed by atoms with Gasteiger partial charge in [-0.15, -0.1) is 0 Å². The third-order valence-corrected chi connectivity index (χ3v) is 4.49. The van der Waals surface area contributed by atoms with Gasteiger partial charge in [-0.05, 0) is 43.2 Å². The Bertz CT molecular complexity index is 724. The van der Waals surface area contributed by atoms with E-state index in [1.165, 1.54) is 0 Å². The quantitative estimate of drug-likeness (QED) is 0.818. The van der Waals surface area contributed by atoms with E-state index in [4.69, 9.17) is 21.1 Å². The molecule has 0 unspecified atom stereocenters. The second-order valence-corrected chi connectivity index (χ2v) is 6.43. The monoisotopic (exact) mass is 360 g/mol. The number of piperidine rings is 1. The van der Waals surface area contributed by atoms with Crippen molar-refractivity contribution in [2.45, 2.75) is 25.6 Å². The van der Waals surface area contributed by atoms with E-state index in [2.05, 4.69) is 4.98 Å². The number of halogens is 1. The first-order valence-electron chi connectivity index (χ1n) is 8.31. The Morgan fingerprint density at radius 3 is 3.00 bits per heavy atom. The number of amides is 1. The predicted molar refractivity (Wildman–Crippen MR) is 96.0 cm³/mol. The van der Waals surface area contributed by atoms with Crippen molar-refractivity contribution in [3.05, 3.63) is 58.9 Å². The van der Waals surface area contributed by atoms with Gasteiger partial charge in [0.25, 0.3) is 5.91 Å². The highest BCUT2D eigenvalue weighted by Gasteiger charge is 2.27. The normalized spacial score (nSPS) is 17.4. The lowest BCUT2D eigenvalue weighted by Crippen LogP contribution is -2.43. The number of pyridine rings is 1. The van der Waals surface area contributed by atoms with E-state index < -0.39 is 0 Å². The zero-order chi connectivity index (χ0) is 17.6. The van der Waals surface area contributed by atoms with Crippen LogP contribution in [0.2, 0.25) is 5.02 Å². The first-order valence-corrected chi connectivity index (χ1v) is 8.69. The highest BCUT2D eigenvalue weighted by atomic mass is 35.5. The Morgan fingerprint density at radius 1 is 1.36 bits per heavy atom. The Hall–Kier alpha value is -2.11. The Balaban J connectivity index is 1.64. The summed E-state index contributed by atoms with van der Waals surface area (Å²) in [7, 11) is 1.55. The molecule has 0 spiro atoms. The molecule has 1 amide bonds. The zero-order valence-corrected chi connectivity index (χ0v) is 14.9. The second kappa shape index (κ2) is 8.32. The van der Waals surface area contributed by atoms with E-state index >= 15 is 0 Å². The molecule has 5 nitrogen and oxygen atoms in total. The summed E-state index contributed by atoms with van der Waals surface area (Å²) in [6.45, 7) is 1.72. The lowest BCUT2D eigenvalue weighted by molar-refractivity contribution is -0.00792. The molecular formula is C19H21ClN2O3. The van der Waals surface area contributed by atoms with Gasteiger partial charge in [0.15, 0.2) is 0 Å². The fraction of sp³-hybridized carbons (Fsp3) is 0.368. The topological polar surface area (TPSA) is 51.7 Å². The van der Waals surface area contributed by atoms with E-state index in [1.54, 1.807) is 36.4 Å².